The first-order valence-corrected chi connectivity index (χ1v) is 29.2. The van der Waals surface area contributed by atoms with Crippen molar-refractivity contribution in [1.29, 1.82) is 0 Å². The monoisotopic (exact) mass is 1260 g/mol. The van der Waals surface area contributed by atoms with Gasteiger partial charge in [0, 0.05) is 38.7 Å². The number of nitrogens with zero attached hydrogens (tertiary/aromatic N) is 3. The van der Waals surface area contributed by atoms with Gasteiger partial charge in [-0.05, 0) is 119 Å². The summed E-state index contributed by atoms with van der Waals surface area (Å²) in [5, 5.41) is 2.25. The molecule has 17 rings (SSSR count). The second kappa shape index (κ2) is 17.6. The SMILES string of the molecule is CC(C)(C)c1cc[c-]c(-n2c3[c-]c(Oc4[c-]c(-n5[c-][n+]6c7c(cc(-c8ccc9c(c8)C8(C)c%10ccccc%10C%10(C)c%11ccccc%11C9(C)C%108C)cc75)-c5ccccc5-c5ccccc5-c5ccccc5-6)ccc4)ccc3c3ccccc32)c1.[Pt+4]. The predicted molar refractivity (Wildman–Crippen MR) is 335 cm³/mol. The van der Waals surface area contributed by atoms with Crippen LogP contribution < -0.4 is 9.30 Å². The van der Waals surface area contributed by atoms with Crippen LogP contribution in [0.2, 0.25) is 0 Å². The number of hydrogen-bond donors (Lipinski definition) is 0. The molecule has 0 N–H and O–H groups in total. The number of benzene rings is 11. The Hall–Kier alpha value is -8.82. The van der Waals surface area contributed by atoms with Gasteiger partial charge in [-0.3, -0.25) is 4.57 Å². The topological polar surface area (TPSA) is 23.0 Å². The standard InChI is InChI=1S/C79H58N3O.Pt/c1-75(2,3)51-22-20-24-53(45-51)82-71-37-19-13-31-61(71)62-40-39-55(47-72(62)82)83-54-25-21-23-52(46-54)80-48-81-70-36-18-12-30-60(70)58-28-10-8-26-56(58)57-27-9-11-29-59(57)63-42-50(44-73(80)74(63)81)49-38-41-68-69(43-49)78(6)67-35-17-16-34-66(67)76(4)64-32-14-15-33-65(64)77(68,5)79(76,78)7;/h8-23,25-45H,1-7H3;/q-3;+4. The molecule has 4 aliphatic rings. The number of fused-ring (bicyclic) bond motifs is 19. The molecule has 4 atom stereocenters. The van der Waals surface area contributed by atoms with Crippen LogP contribution in [0, 0.1) is 29.9 Å². The van der Waals surface area contributed by atoms with Crippen molar-refractivity contribution in [3.05, 3.63) is 288 Å². The van der Waals surface area contributed by atoms with Gasteiger partial charge < -0.3 is 13.9 Å². The van der Waals surface area contributed by atoms with Crippen molar-refractivity contribution in [2.45, 2.75) is 70.1 Å². The van der Waals surface area contributed by atoms with Crippen LogP contribution in [-0.4, -0.2) is 9.13 Å². The largest absolute Gasteiger partial charge is 4.00 e. The number of hydrogen-bond acceptors (Lipinski definition) is 1. The van der Waals surface area contributed by atoms with Crippen LogP contribution in [0.25, 0.3) is 94.4 Å². The van der Waals surface area contributed by atoms with Crippen molar-refractivity contribution in [3.8, 4) is 73.1 Å². The fourth-order valence-electron chi connectivity index (χ4n) is 16.6. The van der Waals surface area contributed by atoms with E-state index in [-0.39, 0.29) is 48.1 Å². The number of imidazole rings is 1. The fraction of sp³-hybridized carbons (Fsp3) is 0.152. The number of aromatic nitrogens is 3. The first-order chi connectivity index (χ1) is 40.3. The van der Waals surface area contributed by atoms with Crippen molar-refractivity contribution < 1.29 is 30.4 Å². The summed E-state index contributed by atoms with van der Waals surface area (Å²) in [6.07, 6.45) is 3.97. The van der Waals surface area contributed by atoms with Crippen molar-refractivity contribution >= 4 is 32.8 Å². The molecule has 11 aromatic carbocycles. The summed E-state index contributed by atoms with van der Waals surface area (Å²) >= 11 is 0. The second-order valence-electron chi connectivity index (χ2n) is 25.3. The van der Waals surface area contributed by atoms with Crippen LogP contribution in [0.1, 0.15) is 87.4 Å². The molecule has 0 spiro atoms. The third-order valence-electron chi connectivity index (χ3n) is 20.7. The van der Waals surface area contributed by atoms with Crippen LogP contribution >= 0.6 is 0 Å². The fourth-order valence-corrected chi connectivity index (χ4v) is 16.6. The quantitative estimate of drug-likeness (QED) is 0.124. The van der Waals surface area contributed by atoms with Gasteiger partial charge in [0.15, 0.2) is 0 Å². The first kappa shape index (κ1) is 50.9. The Labute approximate surface area is 505 Å². The molecule has 3 aliphatic carbocycles. The molecule has 0 saturated heterocycles. The summed E-state index contributed by atoms with van der Waals surface area (Å²) in [5.74, 6) is 1.17. The zero-order valence-corrected chi connectivity index (χ0v) is 50.2. The minimum atomic E-state index is -0.288. The molecule has 13 aromatic rings. The maximum absolute atomic E-state index is 6.90. The van der Waals surface area contributed by atoms with E-state index in [1.165, 1.54) is 61.2 Å². The second-order valence-corrected chi connectivity index (χ2v) is 25.3. The number of rotatable bonds is 5. The minimum absolute atomic E-state index is 0. The van der Waals surface area contributed by atoms with Gasteiger partial charge in [-0.15, -0.1) is 35.7 Å². The molecule has 0 saturated carbocycles. The van der Waals surface area contributed by atoms with Gasteiger partial charge in [0.1, 0.15) is 0 Å². The van der Waals surface area contributed by atoms with E-state index in [4.69, 9.17) is 4.74 Å². The maximum atomic E-state index is 6.90. The van der Waals surface area contributed by atoms with E-state index in [0.29, 0.717) is 11.5 Å². The Morgan fingerprint density at radius 3 is 1.69 bits per heavy atom. The summed E-state index contributed by atoms with van der Waals surface area (Å²) in [6, 6.07) is 93.9. The van der Waals surface area contributed by atoms with Crippen LogP contribution in [0.4, 0.5) is 0 Å². The molecule has 0 amide bonds. The van der Waals surface area contributed by atoms with Crippen LogP contribution in [-0.2, 0) is 42.7 Å². The zero-order chi connectivity index (χ0) is 55.9. The molecule has 0 bridgehead atoms. The number of para-hydroxylation sites is 2. The Balaban J connectivity index is 0.00000577. The summed E-state index contributed by atoms with van der Waals surface area (Å²) in [7, 11) is 0. The Morgan fingerprint density at radius 1 is 0.440 bits per heavy atom. The number of ether oxygens (including phenoxy) is 1. The molecule has 0 radical (unpaired) electrons. The average Bonchev–Trinajstić information content (AvgIpc) is 1.45. The molecule has 4 unspecified atom stereocenters. The van der Waals surface area contributed by atoms with Crippen LogP contribution in [0.5, 0.6) is 11.5 Å². The van der Waals surface area contributed by atoms with Gasteiger partial charge in [0.2, 0.25) is 0 Å². The van der Waals surface area contributed by atoms with Crippen molar-refractivity contribution in [2.24, 2.45) is 5.41 Å². The Bertz CT molecular complexity index is 4970. The third-order valence-corrected chi connectivity index (χ3v) is 20.7. The van der Waals surface area contributed by atoms with Crippen molar-refractivity contribution in [1.82, 2.24) is 9.13 Å². The van der Waals surface area contributed by atoms with Crippen molar-refractivity contribution in [3.63, 3.8) is 0 Å². The van der Waals surface area contributed by atoms with Gasteiger partial charge in [-0.1, -0.05) is 211 Å². The summed E-state index contributed by atoms with van der Waals surface area (Å²) < 4.78 is 13.6. The normalized spacial score (nSPS) is 20.2. The van der Waals surface area contributed by atoms with Gasteiger partial charge in [-0.2, -0.15) is 42.0 Å². The summed E-state index contributed by atoms with van der Waals surface area (Å²) in [4.78, 5) is 0. The van der Waals surface area contributed by atoms with E-state index in [2.05, 4.69) is 293 Å². The summed E-state index contributed by atoms with van der Waals surface area (Å²) in [5.41, 5.74) is 25.1. The van der Waals surface area contributed by atoms with Gasteiger partial charge in [0.25, 0.3) is 6.33 Å². The molecule has 84 heavy (non-hydrogen) atoms. The van der Waals surface area contributed by atoms with Crippen LogP contribution in [0.15, 0.2) is 224 Å². The van der Waals surface area contributed by atoms with E-state index < -0.39 is 0 Å². The molecule has 3 heterocycles. The maximum Gasteiger partial charge on any atom is 4.00 e. The van der Waals surface area contributed by atoms with Crippen LogP contribution in [0.3, 0.4) is 0 Å². The zero-order valence-electron chi connectivity index (χ0n) is 47.9. The van der Waals surface area contributed by atoms with E-state index in [1.807, 2.05) is 18.2 Å². The Kier molecular flexibility index (Phi) is 10.7. The van der Waals surface area contributed by atoms with E-state index >= 15 is 0 Å². The van der Waals surface area contributed by atoms with E-state index in [1.54, 1.807) is 0 Å². The average molecular weight is 1260 g/mol. The van der Waals surface area contributed by atoms with E-state index in [9.17, 15) is 0 Å². The molecule has 5 heteroatoms. The molecule has 4 nitrogen and oxygen atoms in total. The molecule has 1 aliphatic heterocycles. The van der Waals surface area contributed by atoms with Gasteiger partial charge >= 0.3 is 21.1 Å². The molecular formula is C79H58N3OPt+. The Morgan fingerprint density at radius 2 is 1.01 bits per heavy atom. The summed E-state index contributed by atoms with van der Waals surface area (Å²) in [6.45, 7) is 17.0. The van der Waals surface area contributed by atoms with E-state index in [0.717, 1.165) is 72.2 Å². The van der Waals surface area contributed by atoms with Gasteiger partial charge in [-0.25, -0.2) is 0 Å². The third kappa shape index (κ3) is 6.39. The predicted octanol–water partition coefficient (Wildman–Crippen LogP) is 18.5. The van der Waals surface area contributed by atoms with Crippen molar-refractivity contribution in [2.75, 3.05) is 0 Å². The molecule has 2 aromatic heterocycles. The smallest absolute Gasteiger partial charge is 0.510 e. The van der Waals surface area contributed by atoms with Gasteiger partial charge in [0.05, 0.1) is 16.7 Å². The molecular weight excluding hydrogens is 1200 g/mol. The molecule has 0 fully saturated rings. The minimum Gasteiger partial charge on any atom is -0.510 e. The first-order valence-electron chi connectivity index (χ1n) is 29.2. The molecule has 404 valence electrons.